The molecule has 1 rings (SSSR count). The molecule has 0 unspecified atom stereocenters. The molecule has 0 radical (unpaired) electrons. The Morgan fingerprint density at radius 3 is 2.40 bits per heavy atom. The fourth-order valence-corrected chi connectivity index (χ4v) is 2.02. The Morgan fingerprint density at radius 2 is 2.00 bits per heavy atom. The summed E-state index contributed by atoms with van der Waals surface area (Å²) in [6.07, 6.45) is 2.29. The molecule has 0 aromatic carbocycles. The second-order valence-corrected chi connectivity index (χ2v) is 4.74. The lowest BCUT2D eigenvalue weighted by Gasteiger charge is -2.35. The smallest absolute Gasteiger partial charge is 0.229 e. The fourth-order valence-electron chi connectivity index (χ4n) is 1.89. The number of nitrogens with zero attached hydrogens (tertiary/aromatic N) is 2. The van der Waals surface area contributed by atoms with Gasteiger partial charge in [0, 0.05) is 19.1 Å². The molecule has 1 aliphatic rings. The molecule has 0 atom stereocenters. The quantitative estimate of drug-likeness (QED) is 0.703. The van der Waals surface area contributed by atoms with E-state index in [4.69, 9.17) is 18.0 Å². The summed E-state index contributed by atoms with van der Waals surface area (Å²) >= 11 is 4.73. The summed E-state index contributed by atoms with van der Waals surface area (Å²) < 4.78 is 0. The third-order valence-corrected chi connectivity index (χ3v) is 3.02. The first-order valence-electron chi connectivity index (χ1n) is 5.23. The average molecular weight is 229 g/mol. The maximum Gasteiger partial charge on any atom is 0.229 e. The van der Waals surface area contributed by atoms with E-state index in [9.17, 15) is 4.79 Å². The standard InChI is InChI=1S/C10H19N3OS/c1-12(2)8-3-5-13(6-4-8)10(14)7-9(11)15/h8H,3-7H2,1-2H3,(H2,11,15). The first-order chi connectivity index (χ1) is 7.00. The number of thiocarbonyl (C=S) groups is 1. The van der Waals surface area contributed by atoms with Crippen LogP contribution in [-0.2, 0) is 4.79 Å². The monoisotopic (exact) mass is 229 g/mol. The predicted molar refractivity (Wildman–Crippen MR) is 64.7 cm³/mol. The number of hydrogen-bond acceptors (Lipinski definition) is 3. The molecule has 1 aliphatic heterocycles. The summed E-state index contributed by atoms with van der Waals surface area (Å²) in [6, 6.07) is 0.596. The summed E-state index contributed by atoms with van der Waals surface area (Å²) in [4.78, 5) is 16.0. The van der Waals surface area contributed by atoms with Crippen LogP contribution in [0.5, 0.6) is 0 Å². The van der Waals surface area contributed by atoms with E-state index >= 15 is 0 Å². The lowest BCUT2D eigenvalue weighted by atomic mass is 10.0. The molecular weight excluding hydrogens is 210 g/mol. The van der Waals surface area contributed by atoms with Gasteiger partial charge in [0.05, 0.1) is 11.4 Å². The molecule has 86 valence electrons. The van der Waals surface area contributed by atoms with Gasteiger partial charge in [-0.05, 0) is 26.9 Å². The zero-order valence-electron chi connectivity index (χ0n) is 9.40. The predicted octanol–water partition coefficient (Wildman–Crippen LogP) is 0.215. The van der Waals surface area contributed by atoms with Crippen molar-refractivity contribution in [2.45, 2.75) is 25.3 Å². The normalized spacial score (nSPS) is 18.2. The van der Waals surface area contributed by atoms with Crippen molar-refractivity contribution in [3.05, 3.63) is 0 Å². The highest BCUT2D eigenvalue weighted by Gasteiger charge is 2.23. The number of piperidine rings is 1. The van der Waals surface area contributed by atoms with E-state index in [-0.39, 0.29) is 17.3 Å². The Hall–Kier alpha value is -0.680. The van der Waals surface area contributed by atoms with Gasteiger partial charge in [0.25, 0.3) is 0 Å². The van der Waals surface area contributed by atoms with Crippen molar-refractivity contribution in [1.29, 1.82) is 0 Å². The molecule has 1 saturated heterocycles. The van der Waals surface area contributed by atoms with E-state index in [1.807, 2.05) is 4.90 Å². The van der Waals surface area contributed by atoms with Crippen LogP contribution in [0.2, 0.25) is 0 Å². The van der Waals surface area contributed by atoms with Crippen molar-refractivity contribution in [1.82, 2.24) is 9.80 Å². The van der Waals surface area contributed by atoms with Gasteiger partial charge in [0.15, 0.2) is 0 Å². The Morgan fingerprint density at radius 1 is 1.47 bits per heavy atom. The largest absolute Gasteiger partial charge is 0.393 e. The van der Waals surface area contributed by atoms with Gasteiger partial charge in [0.2, 0.25) is 5.91 Å². The summed E-state index contributed by atoms with van der Waals surface area (Å²) in [6.45, 7) is 1.65. The topological polar surface area (TPSA) is 49.6 Å². The van der Waals surface area contributed by atoms with Gasteiger partial charge in [-0.3, -0.25) is 4.79 Å². The highest BCUT2D eigenvalue weighted by molar-refractivity contribution is 7.80. The maximum atomic E-state index is 11.6. The molecule has 2 N–H and O–H groups in total. The van der Waals surface area contributed by atoms with E-state index in [1.165, 1.54) is 0 Å². The van der Waals surface area contributed by atoms with Crippen LogP contribution in [0.3, 0.4) is 0 Å². The minimum Gasteiger partial charge on any atom is -0.393 e. The molecule has 0 aliphatic carbocycles. The van der Waals surface area contributed by atoms with E-state index in [0.29, 0.717) is 6.04 Å². The fraction of sp³-hybridized carbons (Fsp3) is 0.800. The van der Waals surface area contributed by atoms with Gasteiger partial charge in [-0.2, -0.15) is 0 Å². The van der Waals surface area contributed by atoms with Gasteiger partial charge in [-0.1, -0.05) is 12.2 Å². The lowest BCUT2D eigenvalue weighted by molar-refractivity contribution is -0.131. The first kappa shape index (κ1) is 12.4. The lowest BCUT2D eigenvalue weighted by Crippen LogP contribution is -2.45. The minimum atomic E-state index is 0.0692. The maximum absolute atomic E-state index is 11.6. The van der Waals surface area contributed by atoms with Crippen LogP contribution in [-0.4, -0.2) is 53.9 Å². The number of rotatable bonds is 3. The Bertz CT molecular complexity index is 247. The highest BCUT2D eigenvalue weighted by Crippen LogP contribution is 2.14. The number of carbonyl (C=O) groups is 1. The Kier molecular flexibility index (Phi) is 4.47. The second kappa shape index (κ2) is 5.42. The van der Waals surface area contributed by atoms with Gasteiger partial charge in [0.1, 0.15) is 0 Å². The van der Waals surface area contributed by atoms with Crippen molar-refractivity contribution >= 4 is 23.1 Å². The van der Waals surface area contributed by atoms with Gasteiger partial charge in [-0.25, -0.2) is 0 Å². The molecule has 1 fully saturated rings. The van der Waals surface area contributed by atoms with Gasteiger partial charge >= 0.3 is 0 Å². The zero-order valence-corrected chi connectivity index (χ0v) is 10.2. The molecule has 0 aromatic rings. The van der Waals surface area contributed by atoms with Gasteiger partial charge < -0.3 is 15.5 Å². The Labute approximate surface area is 96.4 Å². The number of hydrogen-bond donors (Lipinski definition) is 1. The van der Waals surface area contributed by atoms with Crippen molar-refractivity contribution in [3.8, 4) is 0 Å². The molecule has 5 heteroatoms. The van der Waals surface area contributed by atoms with Crippen molar-refractivity contribution in [2.75, 3.05) is 27.2 Å². The highest BCUT2D eigenvalue weighted by atomic mass is 32.1. The SMILES string of the molecule is CN(C)C1CCN(C(=O)CC(N)=S)CC1. The van der Waals surface area contributed by atoms with Crippen LogP contribution in [0.4, 0.5) is 0 Å². The molecule has 0 bridgehead atoms. The number of nitrogens with two attached hydrogens (primary N) is 1. The summed E-state index contributed by atoms with van der Waals surface area (Å²) in [5.74, 6) is 0.0692. The number of carbonyl (C=O) groups excluding carboxylic acids is 1. The molecule has 0 saturated carbocycles. The van der Waals surface area contributed by atoms with Crippen LogP contribution in [0.15, 0.2) is 0 Å². The summed E-state index contributed by atoms with van der Waals surface area (Å²) in [7, 11) is 4.16. The number of likely N-dealkylation sites (tertiary alicyclic amines) is 1. The van der Waals surface area contributed by atoms with Crippen LogP contribution in [0, 0.1) is 0 Å². The Balaban J connectivity index is 2.37. The average Bonchev–Trinajstić information content (AvgIpc) is 2.17. The molecule has 1 amide bonds. The molecular formula is C10H19N3OS. The van der Waals surface area contributed by atoms with Crippen LogP contribution >= 0.6 is 12.2 Å². The van der Waals surface area contributed by atoms with Crippen LogP contribution in [0.1, 0.15) is 19.3 Å². The van der Waals surface area contributed by atoms with Crippen molar-refractivity contribution < 1.29 is 4.79 Å². The summed E-state index contributed by atoms with van der Waals surface area (Å²) in [5, 5.41) is 0. The van der Waals surface area contributed by atoms with Crippen LogP contribution < -0.4 is 5.73 Å². The molecule has 1 heterocycles. The molecule has 0 spiro atoms. The van der Waals surface area contributed by atoms with Crippen molar-refractivity contribution in [2.24, 2.45) is 5.73 Å². The van der Waals surface area contributed by atoms with E-state index in [2.05, 4.69) is 19.0 Å². The van der Waals surface area contributed by atoms with E-state index in [1.54, 1.807) is 0 Å². The van der Waals surface area contributed by atoms with Gasteiger partial charge in [-0.15, -0.1) is 0 Å². The zero-order chi connectivity index (χ0) is 11.4. The van der Waals surface area contributed by atoms with E-state index < -0.39 is 0 Å². The molecule has 0 aromatic heterocycles. The second-order valence-electron chi connectivity index (χ2n) is 4.22. The molecule has 4 nitrogen and oxygen atoms in total. The molecule has 15 heavy (non-hydrogen) atoms. The third-order valence-electron chi connectivity index (χ3n) is 2.87. The summed E-state index contributed by atoms with van der Waals surface area (Å²) in [5.41, 5.74) is 5.35. The van der Waals surface area contributed by atoms with Crippen LogP contribution in [0.25, 0.3) is 0 Å². The van der Waals surface area contributed by atoms with Crippen molar-refractivity contribution in [3.63, 3.8) is 0 Å². The third kappa shape index (κ3) is 3.76. The first-order valence-corrected chi connectivity index (χ1v) is 5.64. The minimum absolute atomic E-state index is 0.0692. The number of amides is 1. The van der Waals surface area contributed by atoms with E-state index in [0.717, 1.165) is 25.9 Å².